The molecule has 0 aromatic carbocycles. The number of hydrogen-bond donors (Lipinski definition) is 2. The summed E-state index contributed by atoms with van der Waals surface area (Å²) in [6.07, 6.45) is 7.00. The minimum Gasteiger partial charge on any atom is -0.348 e. The van der Waals surface area contributed by atoms with E-state index in [1.54, 1.807) is 18.5 Å². The zero-order valence-corrected chi connectivity index (χ0v) is 18.2. The smallest absolute Gasteiger partial charge is 0.253 e. The fourth-order valence-electron chi connectivity index (χ4n) is 3.81. The lowest BCUT2D eigenvalue weighted by molar-refractivity contribution is 0.0952. The van der Waals surface area contributed by atoms with Gasteiger partial charge in [-0.3, -0.25) is 14.6 Å². The van der Waals surface area contributed by atoms with E-state index in [1.807, 2.05) is 44.7 Å². The summed E-state index contributed by atoms with van der Waals surface area (Å²) in [5.41, 5.74) is 4.87. The molecule has 0 aliphatic carbocycles. The number of carbonyl (C=O) groups is 1. The van der Waals surface area contributed by atoms with Gasteiger partial charge in [0.1, 0.15) is 0 Å². The SMILES string of the molecule is Cc1cc(C)c(CNC(=O)c2cc(C3=CN=CCC3)nc3c2cnn3C(C)C)c(=O)[nH]1. The van der Waals surface area contributed by atoms with Crippen molar-refractivity contribution in [3.63, 3.8) is 0 Å². The van der Waals surface area contributed by atoms with E-state index in [0.29, 0.717) is 22.2 Å². The number of hydrogen-bond acceptors (Lipinski definition) is 5. The van der Waals surface area contributed by atoms with Gasteiger partial charge in [0.05, 0.1) is 22.8 Å². The van der Waals surface area contributed by atoms with Gasteiger partial charge in [-0.2, -0.15) is 5.10 Å². The summed E-state index contributed by atoms with van der Waals surface area (Å²) in [7, 11) is 0. The van der Waals surface area contributed by atoms with E-state index in [1.165, 1.54) is 0 Å². The molecule has 0 saturated heterocycles. The topological polar surface area (TPSA) is 105 Å². The molecule has 0 radical (unpaired) electrons. The van der Waals surface area contributed by atoms with Crippen LogP contribution in [0.3, 0.4) is 0 Å². The second kappa shape index (κ2) is 8.29. The Kier molecular flexibility index (Phi) is 5.54. The Morgan fingerprint density at radius 1 is 1.29 bits per heavy atom. The third kappa shape index (κ3) is 4.05. The highest BCUT2D eigenvalue weighted by Gasteiger charge is 2.20. The van der Waals surface area contributed by atoms with Crippen LogP contribution in [0.4, 0.5) is 0 Å². The molecule has 1 aliphatic heterocycles. The Morgan fingerprint density at radius 3 is 2.77 bits per heavy atom. The van der Waals surface area contributed by atoms with Crippen LogP contribution in [-0.4, -0.2) is 31.9 Å². The van der Waals surface area contributed by atoms with Crippen LogP contribution in [0.5, 0.6) is 0 Å². The molecule has 3 aromatic heterocycles. The summed E-state index contributed by atoms with van der Waals surface area (Å²) in [4.78, 5) is 37.3. The van der Waals surface area contributed by atoms with Crippen molar-refractivity contribution in [2.75, 3.05) is 0 Å². The monoisotopic (exact) mass is 418 g/mol. The lowest BCUT2D eigenvalue weighted by Crippen LogP contribution is -2.28. The molecule has 31 heavy (non-hydrogen) atoms. The first-order valence-corrected chi connectivity index (χ1v) is 10.4. The summed E-state index contributed by atoms with van der Waals surface area (Å²) < 4.78 is 1.82. The van der Waals surface area contributed by atoms with Gasteiger partial charge in [-0.05, 0) is 63.8 Å². The molecule has 160 valence electrons. The minimum absolute atomic E-state index is 0.100. The summed E-state index contributed by atoms with van der Waals surface area (Å²) in [6.45, 7) is 7.90. The molecule has 8 nitrogen and oxygen atoms in total. The number of rotatable bonds is 5. The average Bonchev–Trinajstić information content (AvgIpc) is 3.17. The van der Waals surface area contributed by atoms with E-state index in [2.05, 4.69) is 20.4 Å². The molecule has 0 unspecified atom stereocenters. The van der Waals surface area contributed by atoms with Gasteiger partial charge in [-0.15, -0.1) is 0 Å². The van der Waals surface area contributed by atoms with E-state index in [9.17, 15) is 9.59 Å². The predicted octanol–water partition coefficient (Wildman–Crippen LogP) is 3.45. The molecule has 0 fully saturated rings. The lowest BCUT2D eigenvalue weighted by atomic mass is 10.0. The van der Waals surface area contributed by atoms with Crippen LogP contribution in [0.25, 0.3) is 16.6 Å². The maximum Gasteiger partial charge on any atom is 0.253 e. The number of aromatic nitrogens is 4. The van der Waals surface area contributed by atoms with Crippen LogP contribution in [0.15, 0.2) is 34.3 Å². The van der Waals surface area contributed by atoms with Gasteiger partial charge in [0, 0.05) is 36.3 Å². The molecule has 4 heterocycles. The standard InChI is InChI=1S/C23H26N6O2/c1-13(2)29-21-19(12-26-29)17(9-20(28-21)16-6-5-7-24-10-16)22(30)25-11-18-14(3)8-15(4)27-23(18)31/h7-10,12-13H,5-6,11H2,1-4H3,(H,25,30)(H,27,31). The fourth-order valence-corrected chi connectivity index (χ4v) is 3.81. The summed E-state index contributed by atoms with van der Waals surface area (Å²) in [5, 5.41) is 8.04. The molecule has 0 atom stereocenters. The number of nitrogens with one attached hydrogen (secondary N) is 2. The quantitative estimate of drug-likeness (QED) is 0.662. The Hall–Kier alpha value is -3.55. The van der Waals surface area contributed by atoms with Gasteiger partial charge in [0.25, 0.3) is 11.5 Å². The van der Waals surface area contributed by atoms with Crippen LogP contribution < -0.4 is 10.9 Å². The van der Waals surface area contributed by atoms with E-state index in [0.717, 1.165) is 35.4 Å². The highest BCUT2D eigenvalue weighted by molar-refractivity contribution is 6.06. The van der Waals surface area contributed by atoms with Gasteiger partial charge in [-0.25, -0.2) is 9.67 Å². The molecule has 1 aliphatic rings. The van der Waals surface area contributed by atoms with Crippen LogP contribution in [0, 0.1) is 13.8 Å². The van der Waals surface area contributed by atoms with Gasteiger partial charge < -0.3 is 10.3 Å². The zero-order valence-electron chi connectivity index (χ0n) is 18.2. The number of allylic oxidation sites excluding steroid dienone is 1. The van der Waals surface area contributed by atoms with Crippen molar-refractivity contribution in [2.24, 2.45) is 4.99 Å². The molecule has 0 bridgehead atoms. The fraction of sp³-hybridized carbons (Fsp3) is 0.348. The number of aliphatic imine (C=N–C) groups is 1. The molecule has 3 aromatic rings. The number of aromatic amines is 1. The van der Waals surface area contributed by atoms with Crippen molar-refractivity contribution >= 4 is 28.7 Å². The Bertz CT molecular complexity index is 1280. The molecule has 0 spiro atoms. The molecular formula is C23H26N6O2. The van der Waals surface area contributed by atoms with Crippen molar-refractivity contribution in [2.45, 2.75) is 53.1 Å². The first kappa shape index (κ1) is 20.7. The van der Waals surface area contributed by atoms with Crippen molar-refractivity contribution < 1.29 is 4.79 Å². The normalized spacial score (nSPS) is 13.6. The van der Waals surface area contributed by atoms with Crippen LogP contribution in [0.1, 0.15) is 65.6 Å². The third-order valence-corrected chi connectivity index (χ3v) is 5.43. The highest BCUT2D eigenvalue weighted by atomic mass is 16.1. The molecule has 8 heteroatoms. The number of amides is 1. The molecular weight excluding hydrogens is 392 g/mol. The Balaban J connectivity index is 1.73. The first-order valence-electron chi connectivity index (χ1n) is 10.4. The number of fused-ring (bicyclic) bond motifs is 1. The Morgan fingerprint density at radius 2 is 2.10 bits per heavy atom. The molecule has 1 amide bonds. The van der Waals surface area contributed by atoms with Crippen LogP contribution in [-0.2, 0) is 6.54 Å². The van der Waals surface area contributed by atoms with Crippen molar-refractivity contribution in [3.8, 4) is 0 Å². The summed E-state index contributed by atoms with van der Waals surface area (Å²) in [6, 6.07) is 3.79. The zero-order chi connectivity index (χ0) is 22.1. The maximum absolute atomic E-state index is 13.2. The highest BCUT2D eigenvalue weighted by Crippen LogP contribution is 2.27. The summed E-state index contributed by atoms with van der Waals surface area (Å²) in [5.74, 6) is -0.267. The predicted molar refractivity (Wildman–Crippen MR) is 121 cm³/mol. The number of aryl methyl sites for hydroxylation is 2. The van der Waals surface area contributed by atoms with E-state index in [-0.39, 0.29) is 24.1 Å². The second-order valence-electron chi connectivity index (χ2n) is 8.13. The molecule has 2 N–H and O–H groups in total. The number of nitrogens with zero attached hydrogens (tertiary/aromatic N) is 4. The number of carbonyl (C=O) groups excluding carboxylic acids is 1. The van der Waals surface area contributed by atoms with Gasteiger partial charge >= 0.3 is 0 Å². The second-order valence-corrected chi connectivity index (χ2v) is 8.13. The largest absolute Gasteiger partial charge is 0.348 e. The van der Waals surface area contributed by atoms with E-state index < -0.39 is 0 Å². The molecule has 0 saturated carbocycles. The van der Waals surface area contributed by atoms with Gasteiger partial charge in [-0.1, -0.05) is 0 Å². The van der Waals surface area contributed by atoms with Crippen LogP contribution >= 0.6 is 0 Å². The van der Waals surface area contributed by atoms with E-state index in [4.69, 9.17) is 4.98 Å². The van der Waals surface area contributed by atoms with E-state index >= 15 is 0 Å². The minimum atomic E-state index is -0.267. The third-order valence-electron chi connectivity index (χ3n) is 5.43. The number of H-pyrrole nitrogens is 1. The number of pyridine rings is 2. The van der Waals surface area contributed by atoms with Crippen molar-refractivity contribution in [1.82, 2.24) is 25.1 Å². The van der Waals surface area contributed by atoms with Gasteiger partial charge in [0.2, 0.25) is 0 Å². The lowest BCUT2D eigenvalue weighted by Gasteiger charge is -2.13. The van der Waals surface area contributed by atoms with Crippen LogP contribution in [0.2, 0.25) is 0 Å². The van der Waals surface area contributed by atoms with Crippen molar-refractivity contribution in [3.05, 3.63) is 63.0 Å². The maximum atomic E-state index is 13.2. The molecule has 4 rings (SSSR count). The first-order chi connectivity index (χ1) is 14.8. The van der Waals surface area contributed by atoms with Gasteiger partial charge in [0.15, 0.2) is 5.65 Å². The van der Waals surface area contributed by atoms with Crippen molar-refractivity contribution in [1.29, 1.82) is 0 Å². The average molecular weight is 419 g/mol. The summed E-state index contributed by atoms with van der Waals surface area (Å²) >= 11 is 0. The Labute approximate surface area is 180 Å².